The SMILES string of the molecule is CS(=O)(=O)c1ccccc1-c1nc2c(C(=O)Nc3nccs3)cccc2[nH]1. The third-order valence-corrected chi connectivity index (χ3v) is 5.80. The summed E-state index contributed by atoms with van der Waals surface area (Å²) in [4.78, 5) is 24.4. The summed E-state index contributed by atoms with van der Waals surface area (Å²) in [6.45, 7) is 0. The first kappa shape index (κ1) is 17.4. The van der Waals surface area contributed by atoms with E-state index in [1.54, 1.807) is 48.0 Å². The molecule has 0 aliphatic carbocycles. The fourth-order valence-corrected chi connectivity index (χ4v) is 4.19. The number of aromatic nitrogens is 3. The standard InChI is InChI=1S/C18H14N4O3S2/c1-27(24,25)14-8-3-2-5-11(14)16-20-13-7-4-6-12(15(13)21-16)17(23)22-18-19-9-10-26-18/h2-10H,1H3,(H,20,21)(H,19,22,23). The minimum atomic E-state index is -3.43. The van der Waals surface area contributed by atoms with Crippen LogP contribution < -0.4 is 5.32 Å². The van der Waals surface area contributed by atoms with Crippen LogP contribution in [0.3, 0.4) is 0 Å². The first-order valence-corrected chi connectivity index (χ1v) is 10.7. The summed E-state index contributed by atoms with van der Waals surface area (Å²) in [5.74, 6) is 0.0607. The Morgan fingerprint density at radius 2 is 1.96 bits per heavy atom. The third-order valence-electron chi connectivity index (χ3n) is 3.95. The second kappa shape index (κ2) is 6.60. The highest BCUT2D eigenvalue weighted by molar-refractivity contribution is 7.90. The molecular weight excluding hydrogens is 384 g/mol. The number of fused-ring (bicyclic) bond motifs is 1. The van der Waals surface area contributed by atoms with Crippen molar-refractivity contribution >= 4 is 43.2 Å². The fourth-order valence-electron chi connectivity index (χ4n) is 2.78. The number of anilines is 1. The summed E-state index contributed by atoms with van der Waals surface area (Å²) in [5, 5.41) is 5.00. The lowest BCUT2D eigenvalue weighted by Crippen LogP contribution is -2.12. The van der Waals surface area contributed by atoms with Crippen LogP contribution in [-0.4, -0.2) is 35.5 Å². The number of benzene rings is 2. The van der Waals surface area contributed by atoms with Gasteiger partial charge in [0.25, 0.3) is 5.91 Å². The zero-order valence-electron chi connectivity index (χ0n) is 14.1. The Bertz CT molecular complexity index is 1240. The molecule has 0 saturated carbocycles. The van der Waals surface area contributed by atoms with E-state index in [0.717, 1.165) is 6.26 Å². The number of imidazole rings is 1. The Balaban J connectivity index is 1.82. The van der Waals surface area contributed by atoms with Crippen LogP contribution in [0.4, 0.5) is 5.13 Å². The van der Waals surface area contributed by atoms with Crippen molar-refractivity contribution in [3.63, 3.8) is 0 Å². The number of rotatable bonds is 4. The second-order valence-corrected chi connectivity index (χ2v) is 8.73. The largest absolute Gasteiger partial charge is 0.338 e. The Hall–Kier alpha value is -3.04. The summed E-state index contributed by atoms with van der Waals surface area (Å²) in [6.07, 6.45) is 2.76. The second-order valence-electron chi connectivity index (χ2n) is 5.85. The molecule has 2 aromatic heterocycles. The van der Waals surface area contributed by atoms with Gasteiger partial charge in [0.05, 0.1) is 16.0 Å². The normalized spacial score (nSPS) is 11.6. The van der Waals surface area contributed by atoms with Crippen molar-refractivity contribution in [3.05, 3.63) is 59.6 Å². The van der Waals surface area contributed by atoms with Gasteiger partial charge in [-0.15, -0.1) is 11.3 Å². The van der Waals surface area contributed by atoms with E-state index in [-0.39, 0.29) is 10.8 Å². The molecule has 0 atom stereocenters. The fraction of sp³-hybridized carbons (Fsp3) is 0.0556. The Kier molecular flexibility index (Phi) is 4.25. The first-order chi connectivity index (χ1) is 12.9. The van der Waals surface area contributed by atoms with Gasteiger partial charge in [-0.2, -0.15) is 0 Å². The van der Waals surface area contributed by atoms with E-state index in [2.05, 4.69) is 20.3 Å². The number of aromatic amines is 1. The highest BCUT2D eigenvalue weighted by Crippen LogP contribution is 2.28. The summed E-state index contributed by atoms with van der Waals surface area (Å²) in [7, 11) is -3.43. The Morgan fingerprint density at radius 3 is 2.70 bits per heavy atom. The number of nitrogens with zero attached hydrogens (tertiary/aromatic N) is 2. The van der Waals surface area contributed by atoms with E-state index in [0.29, 0.717) is 33.1 Å². The molecule has 0 aliphatic heterocycles. The predicted octanol–water partition coefficient (Wildman–Crippen LogP) is 3.34. The lowest BCUT2D eigenvalue weighted by Gasteiger charge is -2.04. The highest BCUT2D eigenvalue weighted by Gasteiger charge is 2.19. The van der Waals surface area contributed by atoms with Crippen molar-refractivity contribution in [3.8, 4) is 11.4 Å². The van der Waals surface area contributed by atoms with Gasteiger partial charge in [-0.05, 0) is 24.3 Å². The number of hydrogen-bond acceptors (Lipinski definition) is 6. The Morgan fingerprint density at radius 1 is 1.15 bits per heavy atom. The average molecular weight is 398 g/mol. The van der Waals surface area contributed by atoms with Crippen LogP contribution in [0.2, 0.25) is 0 Å². The molecule has 9 heteroatoms. The molecule has 0 saturated heterocycles. The monoisotopic (exact) mass is 398 g/mol. The van der Waals surface area contributed by atoms with Crippen molar-refractivity contribution in [2.45, 2.75) is 4.90 Å². The van der Waals surface area contributed by atoms with Crippen molar-refractivity contribution in [1.82, 2.24) is 15.0 Å². The molecule has 0 spiro atoms. The molecule has 0 unspecified atom stereocenters. The zero-order valence-corrected chi connectivity index (χ0v) is 15.8. The van der Waals surface area contributed by atoms with E-state index in [9.17, 15) is 13.2 Å². The Labute approximate surface area is 159 Å². The quantitative estimate of drug-likeness (QED) is 0.548. The van der Waals surface area contributed by atoms with E-state index in [1.807, 2.05) is 0 Å². The molecule has 2 aromatic carbocycles. The summed E-state index contributed by atoms with van der Waals surface area (Å²) in [6, 6.07) is 11.8. The molecule has 0 aliphatic rings. The predicted molar refractivity (Wildman–Crippen MR) is 105 cm³/mol. The van der Waals surface area contributed by atoms with Crippen LogP contribution in [0.15, 0.2) is 58.9 Å². The molecule has 2 heterocycles. The summed E-state index contributed by atoms with van der Waals surface area (Å²) < 4.78 is 24.2. The van der Waals surface area contributed by atoms with Crippen LogP contribution in [0.25, 0.3) is 22.4 Å². The van der Waals surface area contributed by atoms with Crippen LogP contribution in [0.5, 0.6) is 0 Å². The van der Waals surface area contributed by atoms with Crippen molar-refractivity contribution in [2.24, 2.45) is 0 Å². The molecular formula is C18H14N4O3S2. The molecule has 4 rings (SSSR count). The van der Waals surface area contributed by atoms with Gasteiger partial charge in [0.1, 0.15) is 11.3 Å². The molecule has 4 aromatic rings. The van der Waals surface area contributed by atoms with Gasteiger partial charge < -0.3 is 4.98 Å². The van der Waals surface area contributed by atoms with Crippen molar-refractivity contribution < 1.29 is 13.2 Å². The van der Waals surface area contributed by atoms with Crippen LogP contribution in [0, 0.1) is 0 Å². The molecule has 0 bridgehead atoms. The van der Waals surface area contributed by atoms with Gasteiger partial charge in [-0.3, -0.25) is 10.1 Å². The van der Waals surface area contributed by atoms with Crippen LogP contribution in [0.1, 0.15) is 10.4 Å². The van der Waals surface area contributed by atoms with Gasteiger partial charge >= 0.3 is 0 Å². The minimum absolute atomic E-state index is 0.179. The van der Waals surface area contributed by atoms with E-state index in [4.69, 9.17) is 0 Å². The molecule has 2 N–H and O–H groups in total. The van der Waals surface area contributed by atoms with Gasteiger partial charge in [0.2, 0.25) is 0 Å². The number of nitrogens with one attached hydrogen (secondary N) is 2. The smallest absolute Gasteiger partial charge is 0.259 e. The molecule has 7 nitrogen and oxygen atoms in total. The van der Waals surface area contributed by atoms with Crippen molar-refractivity contribution in [1.29, 1.82) is 0 Å². The first-order valence-electron chi connectivity index (χ1n) is 7.92. The lowest BCUT2D eigenvalue weighted by molar-refractivity contribution is 0.102. The number of carbonyl (C=O) groups is 1. The molecule has 27 heavy (non-hydrogen) atoms. The average Bonchev–Trinajstić information content (AvgIpc) is 3.29. The number of hydrogen-bond donors (Lipinski definition) is 2. The molecule has 136 valence electrons. The van der Waals surface area contributed by atoms with Crippen LogP contribution in [-0.2, 0) is 9.84 Å². The maximum Gasteiger partial charge on any atom is 0.259 e. The highest BCUT2D eigenvalue weighted by atomic mass is 32.2. The summed E-state index contributed by atoms with van der Waals surface area (Å²) in [5.41, 5.74) is 1.94. The third kappa shape index (κ3) is 3.34. The lowest BCUT2D eigenvalue weighted by atomic mass is 10.2. The maximum atomic E-state index is 12.6. The maximum absolute atomic E-state index is 12.6. The van der Waals surface area contributed by atoms with Gasteiger partial charge in [-0.25, -0.2) is 18.4 Å². The molecule has 0 fully saturated rings. The van der Waals surface area contributed by atoms with E-state index >= 15 is 0 Å². The summed E-state index contributed by atoms with van der Waals surface area (Å²) >= 11 is 1.32. The van der Waals surface area contributed by atoms with Crippen molar-refractivity contribution in [2.75, 3.05) is 11.6 Å². The van der Waals surface area contributed by atoms with Gasteiger partial charge in [0.15, 0.2) is 15.0 Å². The van der Waals surface area contributed by atoms with E-state index in [1.165, 1.54) is 17.4 Å². The number of thiazole rings is 1. The molecule has 0 radical (unpaired) electrons. The van der Waals surface area contributed by atoms with E-state index < -0.39 is 9.84 Å². The number of H-pyrrole nitrogens is 1. The topological polar surface area (TPSA) is 105 Å². The number of sulfone groups is 1. The van der Waals surface area contributed by atoms with Gasteiger partial charge in [-0.1, -0.05) is 18.2 Å². The number of amides is 1. The zero-order chi connectivity index (χ0) is 19.0. The van der Waals surface area contributed by atoms with Gasteiger partial charge in [0, 0.05) is 23.4 Å². The molecule has 1 amide bonds. The number of para-hydroxylation sites is 1. The minimum Gasteiger partial charge on any atom is -0.338 e. The number of carbonyl (C=O) groups excluding carboxylic acids is 1. The van der Waals surface area contributed by atoms with Crippen LogP contribution >= 0.6 is 11.3 Å².